The number of carbonyl (C=O) groups excluding carboxylic acids is 4. The van der Waals surface area contributed by atoms with Crippen molar-refractivity contribution < 1.29 is 48.7 Å². The third-order valence-electron chi connectivity index (χ3n) is 13.3. The Morgan fingerprint density at radius 1 is 0.964 bits per heavy atom. The molecular weight excluding hydrogens is 702 g/mol. The number of aliphatic hydroxyl groups excluding tert-OH is 2. The molecule has 0 spiro atoms. The van der Waals surface area contributed by atoms with Crippen molar-refractivity contribution in [2.45, 2.75) is 175 Å². The molecule has 7 unspecified atom stereocenters. The Labute approximate surface area is 329 Å². The number of piperidine rings is 1. The minimum absolute atomic E-state index is 0.0191. The van der Waals surface area contributed by atoms with E-state index in [-0.39, 0.29) is 60.9 Å². The third kappa shape index (κ3) is 10.7. The first-order valence-electron chi connectivity index (χ1n) is 21.2. The molecule has 1 saturated carbocycles. The zero-order valence-electron chi connectivity index (χ0n) is 35.0. The van der Waals surface area contributed by atoms with Gasteiger partial charge in [0.15, 0.2) is 0 Å². The lowest BCUT2D eigenvalue weighted by Gasteiger charge is -2.47. The molecule has 1 aliphatic carbocycles. The molecule has 4 rings (SSSR count). The molecule has 2 bridgehead atoms. The van der Waals surface area contributed by atoms with Crippen molar-refractivity contribution in [2.24, 2.45) is 41.4 Å². The maximum absolute atomic E-state index is 14.3. The number of nitrogens with zero attached hydrogens (tertiary/aromatic N) is 1. The number of fused-ring (bicyclic) bond motifs is 3. The fraction of sp³-hybridized carbons (Fsp3) is 0.818. The van der Waals surface area contributed by atoms with Crippen LogP contribution in [0.3, 0.4) is 0 Å². The average Bonchev–Trinajstić information content (AvgIpc) is 3.15. The fourth-order valence-corrected chi connectivity index (χ4v) is 9.96. The normalized spacial score (nSPS) is 42.1. The summed E-state index contributed by atoms with van der Waals surface area (Å²) in [6.07, 6.45) is 7.16. The lowest BCUT2D eigenvalue weighted by molar-refractivity contribution is -0.284. The minimum Gasteiger partial charge on any atom is -0.456 e. The van der Waals surface area contributed by atoms with Gasteiger partial charge in [0.05, 0.1) is 24.4 Å². The number of methoxy groups -OCH3 is 1. The van der Waals surface area contributed by atoms with Crippen LogP contribution in [0.2, 0.25) is 0 Å². The molecule has 1 amide bonds. The Balaban J connectivity index is 1.75. The number of cyclic esters (lactones) is 1. The molecular formula is C44H71NO10. The van der Waals surface area contributed by atoms with E-state index in [1.165, 1.54) is 4.90 Å². The summed E-state index contributed by atoms with van der Waals surface area (Å²) in [5.74, 6) is -6.58. The lowest BCUT2D eigenvalue weighted by Crippen LogP contribution is -2.62. The van der Waals surface area contributed by atoms with E-state index in [2.05, 4.69) is 20.8 Å². The molecule has 2 saturated heterocycles. The van der Waals surface area contributed by atoms with Gasteiger partial charge in [0, 0.05) is 37.8 Å². The first kappa shape index (κ1) is 45.3. The highest BCUT2D eigenvalue weighted by Gasteiger charge is 2.55. The predicted octanol–water partition coefficient (Wildman–Crippen LogP) is 6.11. The van der Waals surface area contributed by atoms with Gasteiger partial charge in [-0.2, -0.15) is 0 Å². The number of allylic oxidation sites excluding steroid dienone is 3. The third-order valence-corrected chi connectivity index (χ3v) is 13.3. The van der Waals surface area contributed by atoms with Gasteiger partial charge in [-0.1, -0.05) is 65.7 Å². The number of carbonyl (C=O) groups is 4. The van der Waals surface area contributed by atoms with Crippen LogP contribution in [0.4, 0.5) is 0 Å². The second-order valence-electron chi connectivity index (χ2n) is 17.8. The summed E-state index contributed by atoms with van der Waals surface area (Å²) < 4.78 is 18.2. The first-order chi connectivity index (χ1) is 25.9. The van der Waals surface area contributed by atoms with E-state index in [9.17, 15) is 34.5 Å². The summed E-state index contributed by atoms with van der Waals surface area (Å²) in [4.78, 5) is 57.7. The van der Waals surface area contributed by atoms with E-state index in [4.69, 9.17) is 14.2 Å². The maximum atomic E-state index is 14.3. The quantitative estimate of drug-likeness (QED) is 0.169. The van der Waals surface area contributed by atoms with Crippen LogP contribution in [0, 0.1) is 41.4 Å². The van der Waals surface area contributed by atoms with Crippen LogP contribution in [-0.2, 0) is 33.4 Å². The Kier molecular flexibility index (Phi) is 16.3. The largest absolute Gasteiger partial charge is 0.456 e. The zero-order chi connectivity index (χ0) is 40.8. The van der Waals surface area contributed by atoms with Crippen LogP contribution in [-0.4, -0.2) is 99.7 Å². The monoisotopic (exact) mass is 774 g/mol. The Bertz CT molecular complexity index is 1410. The van der Waals surface area contributed by atoms with Crippen LogP contribution >= 0.6 is 0 Å². The van der Waals surface area contributed by atoms with E-state index < -0.39 is 65.7 Å². The van der Waals surface area contributed by atoms with Gasteiger partial charge in [-0.25, -0.2) is 4.79 Å². The average molecular weight is 774 g/mol. The van der Waals surface area contributed by atoms with Gasteiger partial charge in [-0.05, 0) is 107 Å². The van der Waals surface area contributed by atoms with Gasteiger partial charge in [-0.15, -0.1) is 0 Å². The van der Waals surface area contributed by atoms with Crippen LogP contribution in [0.5, 0.6) is 0 Å². The number of Topliss-reactive ketones (excluding diaryl/α,β-unsaturated/α-hetero) is 2. The molecule has 0 aromatic rings. The zero-order valence-corrected chi connectivity index (χ0v) is 35.0. The van der Waals surface area contributed by atoms with E-state index in [1.807, 2.05) is 32.9 Å². The molecule has 11 nitrogen and oxygen atoms in total. The smallest absolute Gasteiger partial charge is 0.329 e. The molecule has 3 heterocycles. The molecule has 4 aliphatic rings. The van der Waals surface area contributed by atoms with Gasteiger partial charge < -0.3 is 34.4 Å². The number of ketones is 2. The Hall–Kier alpha value is -2.44. The molecule has 3 N–H and O–H groups in total. The Morgan fingerprint density at radius 2 is 1.67 bits per heavy atom. The summed E-state index contributed by atoms with van der Waals surface area (Å²) in [6, 6.07) is -1.08. The van der Waals surface area contributed by atoms with Crippen molar-refractivity contribution in [3.05, 3.63) is 23.3 Å². The van der Waals surface area contributed by atoms with Gasteiger partial charge >= 0.3 is 5.97 Å². The second-order valence-corrected chi connectivity index (χ2v) is 17.8. The molecule has 14 atom stereocenters. The van der Waals surface area contributed by atoms with Crippen LogP contribution < -0.4 is 0 Å². The van der Waals surface area contributed by atoms with Gasteiger partial charge in [0.25, 0.3) is 11.7 Å². The number of aliphatic hydroxyl groups is 3. The minimum atomic E-state index is -2.34. The van der Waals surface area contributed by atoms with Crippen LogP contribution in [0.25, 0.3) is 0 Å². The van der Waals surface area contributed by atoms with Gasteiger partial charge in [0.1, 0.15) is 17.9 Å². The van der Waals surface area contributed by atoms with Gasteiger partial charge in [0.2, 0.25) is 5.79 Å². The second kappa shape index (κ2) is 19.8. The molecule has 11 heteroatoms. The van der Waals surface area contributed by atoms with Crippen molar-refractivity contribution in [1.29, 1.82) is 0 Å². The highest BCUT2D eigenvalue weighted by Crippen LogP contribution is 2.43. The van der Waals surface area contributed by atoms with E-state index >= 15 is 0 Å². The number of rotatable bonds is 5. The van der Waals surface area contributed by atoms with Crippen molar-refractivity contribution in [3.8, 4) is 0 Å². The molecule has 3 aliphatic heterocycles. The summed E-state index contributed by atoms with van der Waals surface area (Å²) in [6.45, 7) is 15.8. The van der Waals surface area contributed by atoms with E-state index in [0.717, 1.165) is 24.8 Å². The SMILES string of the molecule is CC[C@H]1C[C@@H](C)C2(O)OC1[C@@H](C)C[C@@H](C)C/C(C)=C/[C@@H](CC)C(=O)CC(O)[C@@H](C)C(/C(C)=C/[C@@H]1CCC(O)C(OC)C1)OC(=O)C1CCCCN1C(=O)C2=O. The highest BCUT2D eigenvalue weighted by atomic mass is 16.6. The van der Waals surface area contributed by atoms with Crippen LogP contribution in [0.1, 0.15) is 132 Å². The summed E-state index contributed by atoms with van der Waals surface area (Å²) in [5, 5.41) is 34.1. The summed E-state index contributed by atoms with van der Waals surface area (Å²) in [7, 11) is 1.57. The lowest BCUT2D eigenvalue weighted by atomic mass is 9.74. The summed E-state index contributed by atoms with van der Waals surface area (Å²) in [5.41, 5.74) is 1.76. The molecule has 55 heavy (non-hydrogen) atoms. The molecule has 312 valence electrons. The number of hydrogen-bond donors (Lipinski definition) is 3. The molecule has 0 aromatic carbocycles. The summed E-state index contributed by atoms with van der Waals surface area (Å²) >= 11 is 0. The van der Waals surface area contributed by atoms with E-state index in [0.29, 0.717) is 50.5 Å². The molecule has 0 radical (unpaired) electrons. The fourth-order valence-electron chi connectivity index (χ4n) is 9.96. The predicted molar refractivity (Wildman–Crippen MR) is 209 cm³/mol. The first-order valence-corrected chi connectivity index (χ1v) is 21.2. The van der Waals surface area contributed by atoms with Crippen molar-refractivity contribution in [1.82, 2.24) is 4.90 Å². The van der Waals surface area contributed by atoms with Crippen molar-refractivity contribution >= 4 is 23.4 Å². The maximum Gasteiger partial charge on any atom is 0.329 e. The molecule has 3 fully saturated rings. The number of amides is 1. The number of hydrogen-bond acceptors (Lipinski definition) is 10. The Morgan fingerprint density at radius 3 is 2.33 bits per heavy atom. The standard InChI is InChI=1S/C44H71NO10/c1-10-32-20-26(4)18-25(3)19-27(5)40-33(11-2)22-29(7)44(52,55-40)41(49)42(50)45-17-13-12-14-34(45)43(51)54-39(30(8)36(47)24-37(32)48)28(6)21-31-15-16-35(46)38(23-31)53-9/h20-21,25,27,29-36,38-40,46-47,52H,10-19,22-24H2,1-9H3/b26-20+,28-21+/t25-,27-,29+,30+,31-,32+,33-,34?,35?,36?,38?,39?,40?,44?/m0/s1. The van der Waals surface area contributed by atoms with Crippen LogP contribution in [0.15, 0.2) is 23.3 Å². The molecule has 0 aromatic heterocycles. The highest BCUT2D eigenvalue weighted by molar-refractivity contribution is 6.39. The van der Waals surface area contributed by atoms with E-state index in [1.54, 1.807) is 21.0 Å². The topological polar surface area (TPSA) is 160 Å². The van der Waals surface area contributed by atoms with Gasteiger partial charge in [-0.3, -0.25) is 14.4 Å². The van der Waals surface area contributed by atoms with Crippen molar-refractivity contribution in [3.63, 3.8) is 0 Å². The number of ether oxygens (including phenoxy) is 3. The van der Waals surface area contributed by atoms with Crippen molar-refractivity contribution in [2.75, 3.05) is 13.7 Å². The number of esters is 1.